The van der Waals surface area contributed by atoms with E-state index in [9.17, 15) is 14.7 Å². The first kappa shape index (κ1) is 28.8. The zero-order valence-corrected chi connectivity index (χ0v) is 23.5. The maximum absolute atomic E-state index is 12.4. The van der Waals surface area contributed by atoms with Crippen molar-refractivity contribution in [3.05, 3.63) is 42.3 Å². The minimum Gasteiger partial charge on any atom is -0.494 e. The van der Waals surface area contributed by atoms with E-state index in [1.807, 2.05) is 36.4 Å². The van der Waals surface area contributed by atoms with Crippen molar-refractivity contribution in [2.45, 2.75) is 77.9 Å². The Morgan fingerprint density at radius 1 is 1.15 bits per heavy atom. The summed E-state index contributed by atoms with van der Waals surface area (Å²) in [6.45, 7) is 8.50. The molecule has 11 nitrogen and oxygen atoms in total. The predicted molar refractivity (Wildman–Crippen MR) is 150 cm³/mol. The summed E-state index contributed by atoms with van der Waals surface area (Å²) >= 11 is 0. The minimum atomic E-state index is -1.44. The SMILES string of the molecule is CCCCCCOc1ccc2cc(-c3noc([C@@H]4CCCN4/C(=N\C(=O)O)NC(=O)OC(C)(C)C)n3)ccc2c1. The summed E-state index contributed by atoms with van der Waals surface area (Å²) in [5.41, 5.74) is 0.0268. The fraction of sp³-hybridized carbons (Fsp3) is 0.483. The molecule has 1 atom stereocenters. The number of likely N-dealkylation sites (tertiary alicyclic amines) is 1. The Balaban J connectivity index is 1.48. The Labute approximate surface area is 233 Å². The van der Waals surface area contributed by atoms with Crippen molar-refractivity contribution < 1.29 is 28.7 Å². The van der Waals surface area contributed by atoms with Gasteiger partial charge in [-0.2, -0.15) is 4.98 Å². The van der Waals surface area contributed by atoms with Crippen LogP contribution < -0.4 is 10.1 Å². The number of benzene rings is 2. The number of hydrogen-bond donors (Lipinski definition) is 2. The molecule has 1 fully saturated rings. The summed E-state index contributed by atoms with van der Waals surface area (Å²) in [6, 6.07) is 11.5. The molecule has 11 heteroatoms. The zero-order chi connectivity index (χ0) is 28.7. The van der Waals surface area contributed by atoms with Crippen molar-refractivity contribution in [2.24, 2.45) is 4.99 Å². The molecule has 1 aromatic heterocycles. The molecule has 0 saturated carbocycles. The van der Waals surface area contributed by atoms with E-state index < -0.39 is 23.8 Å². The van der Waals surface area contributed by atoms with E-state index in [0.717, 1.165) is 34.9 Å². The lowest BCUT2D eigenvalue weighted by Gasteiger charge is -2.26. The Kier molecular flexibility index (Phi) is 9.23. The van der Waals surface area contributed by atoms with E-state index in [-0.39, 0.29) is 5.96 Å². The first-order valence-corrected chi connectivity index (χ1v) is 13.7. The van der Waals surface area contributed by atoms with Gasteiger partial charge >= 0.3 is 12.2 Å². The van der Waals surface area contributed by atoms with Crippen LogP contribution in [-0.4, -0.2) is 57.0 Å². The third kappa shape index (κ3) is 7.71. The molecular weight excluding hydrogens is 514 g/mol. The van der Waals surface area contributed by atoms with Crippen molar-refractivity contribution in [3.8, 4) is 17.1 Å². The van der Waals surface area contributed by atoms with Crippen LogP contribution in [-0.2, 0) is 4.74 Å². The monoisotopic (exact) mass is 551 g/mol. The maximum Gasteiger partial charge on any atom is 0.434 e. The molecule has 2 N–H and O–H groups in total. The lowest BCUT2D eigenvalue weighted by Crippen LogP contribution is -2.46. The molecular formula is C29H37N5O6. The second-order valence-electron chi connectivity index (χ2n) is 10.8. The minimum absolute atomic E-state index is 0.141. The highest BCUT2D eigenvalue weighted by Gasteiger charge is 2.35. The second kappa shape index (κ2) is 12.8. The lowest BCUT2D eigenvalue weighted by atomic mass is 10.1. The van der Waals surface area contributed by atoms with Crippen LogP contribution in [0, 0.1) is 0 Å². The molecule has 0 bridgehead atoms. The molecule has 0 radical (unpaired) electrons. The van der Waals surface area contributed by atoms with Gasteiger partial charge in [0.2, 0.25) is 17.7 Å². The van der Waals surface area contributed by atoms with E-state index >= 15 is 0 Å². The Morgan fingerprint density at radius 3 is 2.67 bits per heavy atom. The quantitative estimate of drug-likeness (QED) is 0.181. The topological polar surface area (TPSA) is 139 Å². The van der Waals surface area contributed by atoms with Crippen molar-refractivity contribution >= 4 is 28.9 Å². The van der Waals surface area contributed by atoms with E-state index in [0.29, 0.717) is 31.3 Å². The van der Waals surface area contributed by atoms with Crippen LogP contribution in [0.25, 0.3) is 22.2 Å². The van der Waals surface area contributed by atoms with Gasteiger partial charge in [-0.1, -0.05) is 49.5 Å². The van der Waals surface area contributed by atoms with Gasteiger partial charge in [0, 0.05) is 12.1 Å². The number of fused-ring (bicyclic) bond motifs is 1. The number of nitrogens with one attached hydrogen (secondary N) is 1. The summed E-state index contributed by atoms with van der Waals surface area (Å²) < 4.78 is 16.8. The number of rotatable bonds is 8. The number of nitrogens with zero attached hydrogens (tertiary/aromatic N) is 4. The summed E-state index contributed by atoms with van der Waals surface area (Å²) in [5.74, 6) is 1.43. The highest BCUT2D eigenvalue weighted by molar-refractivity contribution is 5.98. The normalized spacial score (nSPS) is 15.8. The van der Waals surface area contributed by atoms with Crippen molar-refractivity contribution in [2.75, 3.05) is 13.2 Å². The summed E-state index contributed by atoms with van der Waals surface area (Å²) in [5, 5.41) is 18.0. The van der Waals surface area contributed by atoms with E-state index in [4.69, 9.17) is 14.0 Å². The molecule has 3 aromatic rings. The predicted octanol–water partition coefficient (Wildman–Crippen LogP) is 6.54. The average molecular weight is 552 g/mol. The Morgan fingerprint density at radius 2 is 1.93 bits per heavy atom. The number of ether oxygens (including phenoxy) is 2. The number of alkyl carbamates (subject to hydrolysis) is 1. The highest BCUT2D eigenvalue weighted by atomic mass is 16.6. The van der Waals surface area contributed by atoms with E-state index in [1.54, 1.807) is 25.7 Å². The van der Waals surface area contributed by atoms with Gasteiger partial charge in [-0.25, -0.2) is 9.59 Å². The third-order valence-electron chi connectivity index (χ3n) is 6.40. The van der Waals surface area contributed by atoms with Gasteiger partial charge in [-0.05, 0) is 69.0 Å². The molecule has 1 aliphatic rings. The number of guanidine groups is 1. The molecule has 214 valence electrons. The highest BCUT2D eigenvalue weighted by Crippen LogP contribution is 2.33. The zero-order valence-electron chi connectivity index (χ0n) is 23.5. The van der Waals surface area contributed by atoms with Crippen LogP contribution in [0.15, 0.2) is 45.9 Å². The second-order valence-corrected chi connectivity index (χ2v) is 10.8. The molecule has 2 amide bonds. The Hall–Kier alpha value is -4.15. The number of carbonyl (C=O) groups excluding carboxylic acids is 1. The van der Waals surface area contributed by atoms with Gasteiger partial charge in [0.15, 0.2) is 0 Å². The van der Waals surface area contributed by atoms with Gasteiger partial charge < -0.3 is 24.0 Å². The molecule has 4 rings (SSSR count). The maximum atomic E-state index is 12.4. The smallest absolute Gasteiger partial charge is 0.434 e. The fourth-order valence-electron chi connectivity index (χ4n) is 4.59. The number of carboxylic acid groups (broad SMARTS) is 1. The van der Waals surface area contributed by atoms with E-state index in [2.05, 4.69) is 27.4 Å². The number of carbonyl (C=O) groups is 2. The largest absolute Gasteiger partial charge is 0.494 e. The molecule has 0 spiro atoms. The summed E-state index contributed by atoms with van der Waals surface area (Å²) in [4.78, 5) is 33.6. The molecule has 40 heavy (non-hydrogen) atoms. The van der Waals surface area contributed by atoms with Crippen molar-refractivity contribution in [1.82, 2.24) is 20.4 Å². The summed E-state index contributed by atoms with van der Waals surface area (Å²) in [6.07, 6.45) is 3.74. The molecule has 0 unspecified atom stereocenters. The van der Waals surface area contributed by atoms with Gasteiger partial charge in [0.25, 0.3) is 0 Å². The van der Waals surface area contributed by atoms with Crippen LogP contribution in [0.5, 0.6) is 5.75 Å². The number of amides is 2. The summed E-state index contributed by atoms with van der Waals surface area (Å²) in [7, 11) is 0. The van der Waals surface area contributed by atoms with Gasteiger partial charge in [-0.3, -0.25) is 5.32 Å². The molecule has 1 aliphatic heterocycles. The number of unbranched alkanes of at least 4 members (excludes halogenated alkanes) is 3. The molecule has 2 heterocycles. The van der Waals surface area contributed by atoms with Gasteiger partial charge in [-0.15, -0.1) is 4.99 Å². The van der Waals surface area contributed by atoms with Crippen LogP contribution in [0.3, 0.4) is 0 Å². The number of aromatic nitrogens is 2. The number of aliphatic imine (C=N–C) groups is 1. The van der Waals surface area contributed by atoms with Crippen LogP contribution in [0.1, 0.15) is 78.2 Å². The van der Waals surface area contributed by atoms with Crippen molar-refractivity contribution in [3.63, 3.8) is 0 Å². The standard InChI is InChI=1S/C29H37N5O6/c1-5-6-7-8-16-38-22-14-13-19-17-21(12-11-20(19)18-22)24-30-25(40-33-24)23-10-9-15-34(23)26(31-27(35)36)32-28(37)39-29(2,3)4/h11-14,17-18,23H,5-10,15-16H2,1-4H3,(H,35,36)(H,31,32,37)/t23-/m0/s1. The van der Waals surface area contributed by atoms with Crippen LogP contribution in [0.4, 0.5) is 9.59 Å². The Bertz CT molecular complexity index is 1360. The van der Waals surface area contributed by atoms with Crippen molar-refractivity contribution in [1.29, 1.82) is 0 Å². The third-order valence-corrected chi connectivity index (χ3v) is 6.40. The molecule has 2 aromatic carbocycles. The fourth-order valence-corrected chi connectivity index (χ4v) is 4.59. The average Bonchev–Trinajstić information content (AvgIpc) is 3.56. The van der Waals surface area contributed by atoms with Gasteiger partial charge in [0.1, 0.15) is 17.4 Å². The number of hydrogen-bond acceptors (Lipinski definition) is 7. The van der Waals surface area contributed by atoms with E-state index in [1.165, 1.54) is 19.3 Å². The first-order chi connectivity index (χ1) is 19.1. The first-order valence-electron chi connectivity index (χ1n) is 13.7. The van der Waals surface area contributed by atoms with Crippen LogP contribution >= 0.6 is 0 Å². The molecule has 0 aliphatic carbocycles. The molecule has 1 saturated heterocycles. The lowest BCUT2D eigenvalue weighted by molar-refractivity contribution is 0.0555. The van der Waals surface area contributed by atoms with Crippen LogP contribution in [0.2, 0.25) is 0 Å². The van der Waals surface area contributed by atoms with Gasteiger partial charge in [0.05, 0.1) is 6.61 Å².